The zero-order valence-electron chi connectivity index (χ0n) is 12.9. The minimum atomic E-state index is -0.825. The van der Waals surface area contributed by atoms with Crippen LogP contribution in [0.3, 0.4) is 0 Å². The lowest BCUT2D eigenvalue weighted by Crippen LogP contribution is -2.32. The van der Waals surface area contributed by atoms with Crippen molar-refractivity contribution in [1.29, 1.82) is 0 Å². The van der Waals surface area contributed by atoms with Gasteiger partial charge in [-0.3, -0.25) is 9.59 Å². The van der Waals surface area contributed by atoms with E-state index in [1.54, 1.807) is 13.8 Å². The van der Waals surface area contributed by atoms with Crippen LogP contribution in [0.2, 0.25) is 0 Å². The molecule has 0 N–H and O–H groups in total. The predicted octanol–water partition coefficient (Wildman–Crippen LogP) is 2.09. The van der Waals surface area contributed by atoms with Gasteiger partial charge in [-0.25, -0.2) is 0 Å². The van der Waals surface area contributed by atoms with Crippen molar-refractivity contribution < 1.29 is 28.5 Å². The second-order valence-corrected chi connectivity index (χ2v) is 5.04. The summed E-state index contributed by atoms with van der Waals surface area (Å²) in [4.78, 5) is 22.5. The number of carbonyl (C=O) groups excluding carboxylic acids is 2. The standard InChI is InChI=1S/C15H20O6/c1-15(2,14(17)20-5)9-21-13-11(18-3)6-10(8-16)7-12(13)19-4/h6-8H,9H2,1-5H3. The van der Waals surface area contributed by atoms with Gasteiger partial charge in [-0.1, -0.05) is 0 Å². The lowest BCUT2D eigenvalue weighted by atomic mass is 9.95. The van der Waals surface area contributed by atoms with Crippen molar-refractivity contribution >= 4 is 12.3 Å². The molecule has 1 aromatic rings. The highest BCUT2D eigenvalue weighted by molar-refractivity contribution is 5.78. The Morgan fingerprint density at radius 3 is 2.05 bits per heavy atom. The molecule has 0 saturated carbocycles. The monoisotopic (exact) mass is 296 g/mol. The van der Waals surface area contributed by atoms with Gasteiger partial charge < -0.3 is 18.9 Å². The molecule has 1 aromatic carbocycles. The van der Waals surface area contributed by atoms with Crippen LogP contribution in [0.4, 0.5) is 0 Å². The summed E-state index contributed by atoms with van der Waals surface area (Å²) in [5.41, 5.74) is -0.419. The highest BCUT2D eigenvalue weighted by Crippen LogP contribution is 2.39. The molecule has 6 nitrogen and oxygen atoms in total. The van der Waals surface area contributed by atoms with E-state index in [1.165, 1.54) is 33.5 Å². The number of esters is 1. The Kier molecular flexibility index (Phi) is 5.58. The Balaban J connectivity index is 3.07. The molecule has 6 heteroatoms. The van der Waals surface area contributed by atoms with Crippen molar-refractivity contribution in [2.24, 2.45) is 5.41 Å². The van der Waals surface area contributed by atoms with Crippen LogP contribution in [-0.4, -0.2) is 40.2 Å². The van der Waals surface area contributed by atoms with Crippen LogP contribution < -0.4 is 14.2 Å². The first-order chi connectivity index (χ1) is 9.89. The van der Waals surface area contributed by atoms with Gasteiger partial charge in [0.1, 0.15) is 12.9 Å². The van der Waals surface area contributed by atoms with Crippen LogP contribution in [0.25, 0.3) is 0 Å². The maximum atomic E-state index is 11.7. The van der Waals surface area contributed by atoms with Gasteiger partial charge in [0.25, 0.3) is 0 Å². The smallest absolute Gasteiger partial charge is 0.314 e. The average molecular weight is 296 g/mol. The topological polar surface area (TPSA) is 71.1 Å². The van der Waals surface area contributed by atoms with E-state index >= 15 is 0 Å². The zero-order chi connectivity index (χ0) is 16.0. The molecule has 0 radical (unpaired) electrons. The molecule has 0 aliphatic carbocycles. The molecule has 0 aliphatic rings. The first kappa shape index (κ1) is 16.8. The maximum Gasteiger partial charge on any atom is 0.314 e. The maximum absolute atomic E-state index is 11.7. The fourth-order valence-electron chi connectivity index (χ4n) is 1.70. The summed E-state index contributed by atoms with van der Waals surface area (Å²) < 4.78 is 20.8. The van der Waals surface area contributed by atoms with Crippen LogP contribution in [0.1, 0.15) is 24.2 Å². The van der Waals surface area contributed by atoms with Gasteiger partial charge in [-0.05, 0) is 26.0 Å². The van der Waals surface area contributed by atoms with E-state index in [-0.39, 0.29) is 12.6 Å². The molecule has 0 saturated heterocycles. The van der Waals surface area contributed by atoms with Crippen molar-refractivity contribution in [3.63, 3.8) is 0 Å². The van der Waals surface area contributed by atoms with Crippen molar-refractivity contribution in [3.05, 3.63) is 17.7 Å². The molecule has 21 heavy (non-hydrogen) atoms. The van der Waals surface area contributed by atoms with Crippen molar-refractivity contribution in [1.82, 2.24) is 0 Å². The number of carbonyl (C=O) groups is 2. The van der Waals surface area contributed by atoms with E-state index in [0.717, 1.165) is 0 Å². The molecular weight excluding hydrogens is 276 g/mol. The summed E-state index contributed by atoms with van der Waals surface area (Å²) in [5, 5.41) is 0. The van der Waals surface area contributed by atoms with Gasteiger partial charge in [0.05, 0.1) is 26.7 Å². The quantitative estimate of drug-likeness (QED) is 0.567. The number of benzene rings is 1. The molecule has 0 amide bonds. The number of ether oxygens (including phenoxy) is 4. The molecule has 0 aliphatic heterocycles. The summed E-state index contributed by atoms with van der Waals surface area (Å²) in [7, 11) is 4.24. The second-order valence-electron chi connectivity index (χ2n) is 5.04. The van der Waals surface area contributed by atoms with E-state index in [1.807, 2.05) is 0 Å². The first-order valence-corrected chi connectivity index (χ1v) is 6.32. The molecule has 0 bridgehead atoms. The van der Waals surface area contributed by atoms with E-state index in [2.05, 4.69) is 0 Å². The van der Waals surface area contributed by atoms with Gasteiger partial charge in [-0.2, -0.15) is 0 Å². The summed E-state index contributed by atoms with van der Waals surface area (Å²) in [5.74, 6) is 0.668. The van der Waals surface area contributed by atoms with Crippen LogP contribution >= 0.6 is 0 Å². The van der Waals surface area contributed by atoms with Crippen molar-refractivity contribution in [3.8, 4) is 17.2 Å². The highest BCUT2D eigenvalue weighted by Gasteiger charge is 2.30. The fourth-order valence-corrected chi connectivity index (χ4v) is 1.70. The normalized spacial score (nSPS) is 10.7. The third-order valence-corrected chi connectivity index (χ3v) is 2.93. The Morgan fingerprint density at radius 2 is 1.67 bits per heavy atom. The fraction of sp³-hybridized carbons (Fsp3) is 0.467. The number of aldehydes is 1. The molecule has 0 heterocycles. The largest absolute Gasteiger partial charge is 0.493 e. The molecule has 1 rings (SSSR count). The lowest BCUT2D eigenvalue weighted by molar-refractivity contribution is -0.152. The summed E-state index contributed by atoms with van der Waals surface area (Å²) in [6.07, 6.45) is 0.688. The number of methoxy groups -OCH3 is 3. The number of hydrogen-bond acceptors (Lipinski definition) is 6. The van der Waals surface area contributed by atoms with Gasteiger partial charge >= 0.3 is 5.97 Å². The Morgan fingerprint density at radius 1 is 1.14 bits per heavy atom. The van der Waals surface area contributed by atoms with Crippen molar-refractivity contribution in [2.75, 3.05) is 27.9 Å². The second kappa shape index (κ2) is 6.97. The van der Waals surface area contributed by atoms with Gasteiger partial charge in [0.15, 0.2) is 11.5 Å². The molecule has 0 aromatic heterocycles. The van der Waals surface area contributed by atoms with E-state index in [9.17, 15) is 9.59 Å². The van der Waals surface area contributed by atoms with Crippen LogP contribution in [0, 0.1) is 5.41 Å². The van der Waals surface area contributed by atoms with Crippen LogP contribution in [-0.2, 0) is 9.53 Å². The number of rotatable bonds is 7. The van der Waals surface area contributed by atoms with E-state index < -0.39 is 5.41 Å². The highest BCUT2D eigenvalue weighted by atomic mass is 16.5. The summed E-state index contributed by atoms with van der Waals surface area (Å²) in [6, 6.07) is 3.08. The van der Waals surface area contributed by atoms with E-state index in [4.69, 9.17) is 18.9 Å². The van der Waals surface area contributed by atoms with Gasteiger partial charge in [0.2, 0.25) is 5.75 Å². The minimum Gasteiger partial charge on any atom is -0.493 e. The predicted molar refractivity (Wildman–Crippen MR) is 76.2 cm³/mol. The Bertz CT molecular complexity index is 496. The van der Waals surface area contributed by atoms with Crippen LogP contribution in [0.15, 0.2) is 12.1 Å². The Hall–Kier alpha value is -2.24. The third kappa shape index (κ3) is 3.87. The van der Waals surface area contributed by atoms with Gasteiger partial charge in [-0.15, -0.1) is 0 Å². The average Bonchev–Trinajstić information content (AvgIpc) is 2.50. The molecule has 0 atom stereocenters. The summed E-state index contributed by atoms with van der Waals surface area (Å²) in [6.45, 7) is 3.49. The van der Waals surface area contributed by atoms with Gasteiger partial charge in [0, 0.05) is 5.56 Å². The van der Waals surface area contributed by atoms with Crippen molar-refractivity contribution in [2.45, 2.75) is 13.8 Å². The Labute approximate surface area is 123 Å². The SMILES string of the molecule is COC(=O)C(C)(C)COc1c(OC)cc(C=O)cc1OC. The third-order valence-electron chi connectivity index (χ3n) is 2.93. The molecule has 116 valence electrons. The van der Waals surface area contributed by atoms with E-state index in [0.29, 0.717) is 29.1 Å². The van der Waals surface area contributed by atoms with Crippen LogP contribution in [0.5, 0.6) is 17.2 Å². The molecule has 0 unspecified atom stereocenters. The molecular formula is C15H20O6. The zero-order valence-corrected chi connectivity index (χ0v) is 12.9. The summed E-state index contributed by atoms with van der Waals surface area (Å²) >= 11 is 0. The minimum absolute atomic E-state index is 0.0762. The number of hydrogen-bond donors (Lipinski definition) is 0. The molecule has 0 spiro atoms. The first-order valence-electron chi connectivity index (χ1n) is 6.32. The lowest BCUT2D eigenvalue weighted by Gasteiger charge is -2.23. The molecule has 0 fully saturated rings.